The van der Waals surface area contributed by atoms with Crippen molar-refractivity contribution in [2.24, 2.45) is 0 Å². The molecule has 17 heavy (non-hydrogen) atoms. The topological polar surface area (TPSA) is 59.1 Å². The van der Waals surface area contributed by atoms with Crippen molar-refractivity contribution in [3.63, 3.8) is 0 Å². The van der Waals surface area contributed by atoms with Gasteiger partial charge in [-0.2, -0.15) is 0 Å². The van der Waals surface area contributed by atoms with E-state index in [0.717, 1.165) is 10.9 Å². The van der Waals surface area contributed by atoms with Gasteiger partial charge < -0.3 is 10.8 Å². The number of nitrogens with two attached hydrogens (primary N) is 1. The Balaban J connectivity index is 0.00000144. The molecule has 0 radical (unpaired) electrons. The third-order valence-corrected chi connectivity index (χ3v) is 2.62. The van der Waals surface area contributed by atoms with Crippen LogP contribution in [0.4, 0.5) is 5.69 Å². The number of aliphatic hydroxyl groups is 1. The highest BCUT2D eigenvalue weighted by Gasteiger charge is 2.21. The number of anilines is 1. The summed E-state index contributed by atoms with van der Waals surface area (Å²) in [5, 5.41) is 11.4. The molecule has 0 saturated carbocycles. The molecule has 4 heteroatoms. The predicted molar refractivity (Wildman–Crippen MR) is 73.1 cm³/mol. The van der Waals surface area contributed by atoms with Crippen molar-refractivity contribution in [2.75, 3.05) is 5.73 Å². The van der Waals surface area contributed by atoms with Crippen LogP contribution >= 0.6 is 11.6 Å². The normalized spacial score (nSPS) is 11.3. The van der Waals surface area contributed by atoms with Gasteiger partial charge in [0, 0.05) is 10.4 Å². The zero-order chi connectivity index (χ0) is 11.9. The van der Waals surface area contributed by atoms with Gasteiger partial charge in [0.25, 0.3) is 0 Å². The van der Waals surface area contributed by atoms with Gasteiger partial charge in [-0.1, -0.05) is 19.0 Å². The number of hydrogen-bond acceptors (Lipinski definition) is 3. The fraction of sp³-hybridized carbons (Fsp3) is 0.308. The summed E-state index contributed by atoms with van der Waals surface area (Å²) < 4.78 is 0. The SMILES string of the molecule is C.CC(C)(O)c1nc2ccc(Cl)cc2cc1N. The van der Waals surface area contributed by atoms with E-state index < -0.39 is 5.60 Å². The van der Waals surface area contributed by atoms with E-state index in [0.29, 0.717) is 16.4 Å². The fourth-order valence-electron chi connectivity index (χ4n) is 1.65. The first-order valence-corrected chi connectivity index (χ1v) is 5.34. The Bertz CT molecular complexity index is 547. The van der Waals surface area contributed by atoms with E-state index in [1.807, 2.05) is 6.07 Å². The van der Waals surface area contributed by atoms with Crippen molar-refractivity contribution >= 4 is 28.2 Å². The Morgan fingerprint density at radius 2 is 1.94 bits per heavy atom. The first-order valence-electron chi connectivity index (χ1n) is 4.96. The molecule has 1 aromatic heterocycles. The standard InChI is InChI=1S/C12H13ClN2O.CH4/c1-12(2,16)11-9(14)6-7-5-8(13)3-4-10(7)15-11;/h3-6,16H,14H2,1-2H3;1H4. The van der Waals surface area contributed by atoms with Gasteiger partial charge in [-0.15, -0.1) is 0 Å². The van der Waals surface area contributed by atoms with Gasteiger partial charge in [0.05, 0.1) is 16.9 Å². The summed E-state index contributed by atoms with van der Waals surface area (Å²) in [6, 6.07) is 7.16. The van der Waals surface area contributed by atoms with Gasteiger partial charge >= 0.3 is 0 Å². The van der Waals surface area contributed by atoms with Crippen LogP contribution in [0.25, 0.3) is 10.9 Å². The average Bonchev–Trinajstić information content (AvgIpc) is 2.14. The molecule has 0 amide bonds. The summed E-state index contributed by atoms with van der Waals surface area (Å²) in [5.74, 6) is 0. The highest BCUT2D eigenvalue weighted by Crippen LogP contribution is 2.28. The van der Waals surface area contributed by atoms with Crippen molar-refractivity contribution < 1.29 is 5.11 Å². The number of rotatable bonds is 1. The minimum atomic E-state index is -1.04. The largest absolute Gasteiger partial charge is 0.397 e. The third-order valence-electron chi connectivity index (χ3n) is 2.39. The number of nitrogen functional groups attached to an aromatic ring is 1. The van der Waals surface area contributed by atoms with E-state index in [-0.39, 0.29) is 7.43 Å². The number of halogens is 1. The molecule has 0 aliphatic rings. The van der Waals surface area contributed by atoms with Gasteiger partial charge in [-0.3, -0.25) is 0 Å². The molecule has 0 bridgehead atoms. The van der Waals surface area contributed by atoms with Crippen molar-refractivity contribution in [3.05, 3.63) is 35.0 Å². The number of nitrogens with zero attached hydrogens (tertiary/aromatic N) is 1. The molecule has 0 saturated heterocycles. The van der Waals surface area contributed by atoms with Crippen LogP contribution in [0.2, 0.25) is 5.02 Å². The minimum Gasteiger partial charge on any atom is -0.397 e. The Kier molecular flexibility index (Phi) is 3.65. The molecule has 0 aliphatic heterocycles. The maximum atomic E-state index is 9.92. The van der Waals surface area contributed by atoms with Crippen LogP contribution in [-0.2, 0) is 5.60 Å². The number of aromatic nitrogens is 1. The molecular weight excluding hydrogens is 236 g/mol. The second-order valence-corrected chi connectivity index (χ2v) is 4.76. The lowest BCUT2D eigenvalue weighted by Gasteiger charge is -2.19. The lowest BCUT2D eigenvalue weighted by molar-refractivity contribution is 0.0751. The molecule has 0 atom stereocenters. The van der Waals surface area contributed by atoms with Crippen LogP contribution < -0.4 is 5.73 Å². The fourth-order valence-corrected chi connectivity index (χ4v) is 1.83. The van der Waals surface area contributed by atoms with Crippen LogP contribution in [0, 0.1) is 0 Å². The van der Waals surface area contributed by atoms with Gasteiger partial charge in [0.1, 0.15) is 5.60 Å². The lowest BCUT2D eigenvalue weighted by atomic mass is 10.0. The van der Waals surface area contributed by atoms with Crippen molar-refractivity contribution in [2.45, 2.75) is 26.9 Å². The maximum absolute atomic E-state index is 9.92. The number of pyridine rings is 1. The summed E-state index contributed by atoms with van der Waals surface area (Å²) in [4.78, 5) is 4.35. The summed E-state index contributed by atoms with van der Waals surface area (Å²) in [6.45, 7) is 3.32. The highest BCUT2D eigenvalue weighted by molar-refractivity contribution is 6.31. The van der Waals surface area contributed by atoms with Crippen molar-refractivity contribution in [3.8, 4) is 0 Å². The second-order valence-electron chi connectivity index (χ2n) is 4.32. The highest BCUT2D eigenvalue weighted by atomic mass is 35.5. The van der Waals surface area contributed by atoms with Gasteiger partial charge in [-0.25, -0.2) is 4.98 Å². The summed E-state index contributed by atoms with van der Waals surface area (Å²) in [6.07, 6.45) is 0. The number of hydrogen-bond donors (Lipinski definition) is 2. The average molecular weight is 253 g/mol. The molecule has 0 fully saturated rings. The molecule has 0 spiro atoms. The number of fused-ring (bicyclic) bond motifs is 1. The molecule has 2 aromatic rings. The zero-order valence-corrected chi connectivity index (χ0v) is 9.92. The molecule has 1 heterocycles. The lowest BCUT2D eigenvalue weighted by Crippen LogP contribution is -2.19. The first-order chi connectivity index (χ1) is 7.38. The first kappa shape index (κ1) is 13.7. The van der Waals surface area contributed by atoms with Crippen LogP contribution in [-0.4, -0.2) is 10.1 Å². The summed E-state index contributed by atoms with van der Waals surface area (Å²) in [7, 11) is 0. The molecule has 3 N–H and O–H groups in total. The maximum Gasteiger partial charge on any atom is 0.103 e. The van der Waals surface area contributed by atoms with Gasteiger partial charge in [0.15, 0.2) is 0 Å². The Hall–Kier alpha value is -1.32. The van der Waals surface area contributed by atoms with Gasteiger partial charge in [0.2, 0.25) is 0 Å². The van der Waals surface area contributed by atoms with E-state index in [1.165, 1.54) is 0 Å². The van der Waals surface area contributed by atoms with Gasteiger partial charge in [-0.05, 0) is 38.1 Å². The van der Waals surface area contributed by atoms with E-state index >= 15 is 0 Å². The monoisotopic (exact) mass is 252 g/mol. The molecule has 3 nitrogen and oxygen atoms in total. The van der Waals surface area contributed by atoms with Crippen LogP contribution in [0.15, 0.2) is 24.3 Å². The Labute approximate surface area is 106 Å². The Morgan fingerprint density at radius 1 is 1.29 bits per heavy atom. The van der Waals surface area contributed by atoms with Crippen LogP contribution in [0.5, 0.6) is 0 Å². The van der Waals surface area contributed by atoms with E-state index in [9.17, 15) is 5.11 Å². The predicted octanol–water partition coefficient (Wildman–Crippen LogP) is 3.33. The molecule has 92 valence electrons. The quantitative estimate of drug-likeness (QED) is 0.818. The van der Waals surface area contributed by atoms with E-state index in [2.05, 4.69) is 4.98 Å². The van der Waals surface area contributed by atoms with Crippen LogP contribution in [0.3, 0.4) is 0 Å². The smallest absolute Gasteiger partial charge is 0.103 e. The molecule has 0 aliphatic carbocycles. The Morgan fingerprint density at radius 3 is 2.53 bits per heavy atom. The summed E-state index contributed by atoms with van der Waals surface area (Å²) >= 11 is 5.88. The molecule has 1 aromatic carbocycles. The zero-order valence-electron chi connectivity index (χ0n) is 9.16. The summed E-state index contributed by atoms with van der Waals surface area (Å²) in [5.41, 5.74) is 6.55. The van der Waals surface area contributed by atoms with E-state index in [4.69, 9.17) is 17.3 Å². The van der Waals surface area contributed by atoms with E-state index in [1.54, 1.807) is 32.0 Å². The molecular formula is C13H17ClN2O. The molecule has 0 unspecified atom stereocenters. The van der Waals surface area contributed by atoms with Crippen LogP contribution in [0.1, 0.15) is 27.0 Å². The second kappa shape index (κ2) is 4.51. The molecule has 2 rings (SSSR count). The van der Waals surface area contributed by atoms with Crippen molar-refractivity contribution in [1.82, 2.24) is 4.98 Å². The van der Waals surface area contributed by atoms with Crippen molar-refractivity contribution in [1.29, 1.82) is 0 Å². The minimum absolute atomic E-state index is 0. The third kappa shape index (κ3) is 2.68. The number of benzene rings is 1.